The topological polar surface area (TPSA) is 81.9 Å². The fraction of sp³-hybridized carbons (Fsp3) is 0.231. The van der Waals surface area contributed by atoms with Crippen LogP contribution >= 0.6 is 0 Å². The minimum atomic E-state index is 0.495. The van der Waals surface area contributed by atoms with Crippen LogP contribution in [-0.4, -0.2) is 21.3 Å². The number of fused-ring (bicyclic) bond motifs is 1. The van der Waals surface area contributed by atoms with Crippen molar-refractivity contribution in [3.8, 4) is 0 Å². The van der Waals surface area contributed by atoms with E-state index in [1.165, 1.54) is 0 Å². The molecule has 98 valence electrons. The molecule has 0 aliphatic heterocycles. The standard InChI is InChI=1S/C13H15N5O/c1-18-9(6-8-16-18)5-7-15-13-17-12-10(14)3-2-4-11(12)19-13/h2-4,6,8H,5,7,14H2,1H3,(H,15,17). The molecule has 2 heterocycles. The third-order valence-electron chi connectivity index (χ3n) is 3.03. The highest BCUT2D eigenvalue weighted by molar-refractivity contribution is 5.86. The summed E-state index contributed by atoms with van der Waals surface area (Å²) in [6.07, 6.45) is 2.64. The van der Waals surface area contributed by atoms with Gasteiger partial charge in [-0.05, 0) is 18.2 Å². The van der Waals surface area contributed by atoms with Crippen molar-refractivity contribution in [2.75, 3.05) is 17.6 Å². The van der Waals surface area contributed by atoms with Crippen molar-refractivity contribution < 1.29 is 4.42 Å². The Kier molecular flexibility index (Phi) is 2.83. The molecule has 0 saturated carbocycles. The van der Waals surface area contributed by atoms with E-state index in [1.807, 2.05) is 36.0 Å². The van der Waals surface area contributed by atoms with Crippen LogP contribution in [0.2, 0.25) is 0 Å². The molecule has 0 unspecified atom stereocenters. The largest absolute Gasteiger partial charge is 0.423 e. The van der Waals surface area contributed by atoms with Crippen molar-refractivity contribution in [3.05, 3.63) is 36.2 Å². The second kappa shape index (κ2) is 4.64. The fourth-order valence-corrected chi connectivity index (χ4v) is 1.99. The van der Waals surface area contributed by atoms with Crippen LogP contribution in [0.4, 0.5) is 11.7 Å². The van der Waals surface area contributed by atoms with Crippen LogP contribution in [-0.2, 0) is 13.5 Å². The van der Waals surface area contributed by atoms with Crippen LogP contribution in [0.1, 0.15) is 5.69 Å². The van der Waals surface area contributed by atoms with Gasteiger partial charge >= 0.3 is 0 Å². The molecule has 0 amide bonds. The zero-order valence-corrected chi connectivity index (χ0v) is 10.6. The van der Waals surface area contributed by atoms with Crippen molar-refractivity contribution in [3.63, 3.8) is 0 Å². The number of nitrogen functional groups attached to an aromatic ring is 1. The molecule has 2 aromatic heterocycles. The van der Waals surface area contributed by atoms with Gasteiger partial charge in [-0.1, -0.05) is 6.07 Å². The van der Waals surface area contributed by atoms with Gasteiger partial charge in [0.15, 0.2) is 5.58 Å². The summed E-state index contributed by atoms with van der Waals surface area (Å²) in [6, 6.07) is 8.00. The third kappa shape index (κ3) is 2.24. The molecule has 0 saturated heterocycles. The van der Waals surface area contributed by atoms with Crippen molar-refractivity contribution in [2.24, 2.45) is 7.05 Å². The lowest BCUT2D eigenvalue weighted by atomic mass is 10.3. The number of oxazole rings is 1. The monoisotopic (exact) mass is 257 g/mol. The zero-order valence-electron chi connectivity index (χ0n) is 10.6. The van der Waals surface area contributed by atoms with Gasteiger partial charge in [0.25, 0.3) is 6.01 Å². The number of anilines is 2. The van der Waals surface area contributed by atoms with E-state index in [0.29, 0.717) is 22.8 Å². The van der Waals surface area contributed by atoms with E-state index >= 15 is 0 Å². The Morgan fingerprint density at radius 1 is 1.37 bits per heavy atom. The Hall–Kier alpha value is -2.50. The van der Waals surface area contributed by atoms with Gasteiger partial charge in [0.1, 0.15) is 5.52 Å². The maximum Gasteiger partial charge on any atom is 0.295 e. The van der Waals surface area contributed by atoms with Gasteiger partial charge in [-0.2, -0.15) is 10.1 Å². The molecule has 3 rings (SSSR count). The first-order valence-electron chi connectivity index (χ1n) is 6.10. The molecule has 1 aromatic carbocycles. The van der Waals surface area contributed by atoms with Gasteiger partial charge in [-0.15, -0.1) is 0 Å². The van der Waals surface area contributed by atoms with E-state index in [0.717, 1.165) is 18.7 Å². The predicted molar refractivity (Wildman–Crippen MR) is 73.8 cm³/mol. The van der Waals surface area contributed by atoms with Crippen LogP contribution < -0.4 is 11.1 Å². The minimum absolute atomic E-state index is 0.495. The van der Waals surface area contributed by atoms with E-state index in [-0.39, 0.29) is 0 Å². The molecule has 0 aliphatic rings. The van der Waals surface area contributed by atoms with Crippen LogP contribution in [0.3, 0.4) is 0 Å². The summed E-state index contributed by atoms with van der Waals surface area (Å²) in [5.74, 6) is 0. The number of aromatic nitrogens is 3. The van der Waals surface area contributed by atoms with E-state index in [2.05, 4.69) is 15.4 Å². The molecule has 0 radical (unpaired) electrons. The smallest absolute Gasteiger partial charge is 0.295 e. The second-order valence-electron chi connectivity index (χ2n) is 4.34. The first-order chi connectivity index (χ1) is 9.24. The summed E-state index contributed by atoms with van der Waals surface area (Å²) in [7, 11) is 1.93. The molecule has 6 heteroatoms. The number of rotatable bonds is 4. The SMILES string of the molecule is Cn1nccc1CCNc1nc2c(N)cccc2o1. The predicted octanol–water partition coefficient (Wildman–Crippen LogP) is 1.80. The number of hydrogen-bond acceptors (Lipinski definition) is 5. The first-order valence-corrected chi connectivity index (χ1v) is 6.10. The molecule has 0 fully saturated rings. The molecule has 0 aliphatic carbocycles. The Morgan fingerprint density at radius 3 is 3.00 bits per heavy atom. The molecule has 19 heavy (non-hydrogen) atoms. The second-order valence-corrected chi connectivity index (χ2v) is 4.34. The van der Waals surface area contributed by atoms with Crippen molar-refractivity contribution >= 4 is 22.8 Å². The number of aryl methyl sites for hydroxylation is 1. The first kappa shape index (κ1) is 11.6. The summed E-state index contributed by atoms with van der Waals surface area (Å²) >= 11 is 0. The number of nitrogens with one attached hydrogen (secondary N) is 1. The summed E-state index contributed by atoms with van der Waals surface area (Å²) in [6.45, 7) is 0.728. The zero-order chi connectivity index (χ0) is 13.2. The number of benzene rings is 1. The molecule has 0 bridgehead atoms. The Bertz CT molecular complexity index is 700. The lowest BCUT2D eigenvalue weighted by Crippen LogP contribution is -2.08. The van der Waals surface area contributed by atoms with Crippen LogP contribution in [0.5, 0.6) is 0 Å². The molecule has 3 aromatic rings. The lowest BCUT2D eigenvalue weighted by Gasteiger charge is -2.02. The fourth-order valence-electron chi connectivity index (χ4n) is 1.99. The van der Waals surface area contributed by atoms with E-state index in [1.54, 1.807) is 6.20 Å². The van der Waals surface area contributed by atoms with Gasteiger partial charge < -0.3 is 15.5 Å². The molecule has 0 atom stereocenters. The van der Waals surface area contributed by atoms with Gasteiger partial charge in [-0.25, -0.2) is 0 Å². The lowest BCUT2D eigenvalue weighted by molar-refractivity contribution is 0.612. The number of hydrogen-bond donors (Lipinski definition) is 2. The third-order valence-corrected chi connectivity index (χ3v) is 3.03. The van der Waals surface area contributed by atoms with Gasteiger partial charge in [0, 0.05) is 31.9 Å². The number of nitrogens with two attached hydrogens (primary N) is 1. The Balaban J connectivity index is 1.69. The highest BCUT2D eigenvalue weighted by Crippen LogP contribution is 2.23. The summed E-state index contributed by atoms with van der Waals surface area (Å²) < 4.78 is 7.43. The number of nitrogens with zero attached hydrogens (tertiary/aromatic N) is 3. The van der Waals surface area contributed by atoms with E-state index in [4.69, 9.17) is 10.2 Å². The van der Waals surface area contributed by atoms with Crippen molar-refractivity contribution in [1.29, 1.82) is 0 Å². The number of para-hydroxylation sites is 1. The van der Waals surface area contributed by atoms with E-state index < -0.39 is 0 Å². The highest BCUT2D eigenvalue weighted by atomic mass is 16.4. The van der Waals surface area contributed by atoms with Crippen molar-refractivity contribution in [2.45, 2.75) is 6.42 Å². The molecule has 6 nitrogen and oxygen atoms in total. The maximum absolute atomic E-state index is 5.83. The quantitative estimate of drug-likeness (QED) is 0.696. The van der Waals surface area contributed by atoms with Crippen LogP contribution in [0.15, 0.2) is 34.9 Å². The van der Waals surface area contributed by atoms with Crippen molar-refractivity contribution in [1.82, 2.24) is 14.8 Å². The average molecular weight is 257 g/mol. The molecular formula is C13H15N5O. The van der Waals surface area contributed by atoms with Crippen LogP contribution in [0.25, 0.3) is 11.1 Å². The average Bonchev–Trinajstić information content (AvgIpc) is 2.97. The molecule has 0 spiro atoms. The molecule has 3 N–H and O–H groups in total. The minimum Gasteiger partial charge on any atom is -0.423 e. The molecular weight excluding hydrogens is 242 g/mol. The van der Waals surface area contributed by atoms with Crippen LogP contribution in [0, 0.1) is 0 Å². The summed E-state index contributed by atoms with van der Waals surface area (Å²) in [5.41, 5.74) is 9.01. The maximum atomic E-state index is 5.83. The summed E-state index contributed by atoms with van der Waals surface area (Å²) in [4.78, 5) is 4.33. The van der Waals surface area contributed by atoms with E-state index in [9.17, 15) is 0 Å². The van der Waals surface area contributed by atoms with Gasteiger partial charge in [-0.3, -0.25) is 4.68 Å². The summed E-state index contributed by atoms with van der Waals surface area (Å²) in [5, 5.41) is 7.27. The highest BCUT2D eigenvalue weighted by Gasteiger charge is 2.07. The van der Waals surface area contributed by atoms with Gasteiger partial charge in [0.05, 0.1) is 5.69 Å². The Morgan fingerprint density at radius 2 is 2.26 bits per heavy atom. The Labute approximate surface area is 110 Å². The normalized spacial score (nSPS) is 11.0. The van der Waals surface area contributed by atoms with Gasteiger partial charge in [0.2, 0.25) is 0 Å².